The van der Waals surface area contributed by atoms with E-state index < -0.39 is 0 Å². The Balaban J connectivity index is 1.46. The Bertz CT molecular complexity index is 874. The number of aromatic nitrogens is 1. The molecular formula is C18H15ClN2O2S2. The summed E-state index contributed by atoms with van der Waals surface area (Å²) in [7, 11) is 0. The van der Waals surface area contributed by atoms with Crippen molar-refractivity contribution in [1.82, 2.24) is 10.3 Å². The molecule has 0 radical (unpaired) electrons. The maximum absolute atomic E-state index is 12.0. The van der Waals surface area contributed by atoms with E-state index in [2.05, 4.69) is 10.3 Å². The topological polar surface area (TPSA) is 59.1 Å². The Morgan fingerprint density at radius 2 is 1.88 bits per heavy atom. The van der Waals surface area contributed by atoms with Gasteiger partial charge in [-0.1, -0.05) is 41.9 Å². The van der Waals surface area contributed by atoms with Gasteiger partial charge in [-0.2, -0.15) is 0 Å². The molecule has 0 aliphatic rings. The van der Waals surface area contributed by atoms with Crippen LogP contribution in [0.4, 0.5) is 0 Å². The van der Waals surface area contributed by atoms with Crippen LogP contribution in [0.1, 0.15) is 27.5 Å². The lowest BCUT2D eigenvalue weighted by molar-refractivity contribution is -0.121. The number of Topliss-reactive ketones (excluding diaryl/α,β-unsaturated/α-hetero) is 1. The van der Waals surface area contributed by atoms with E-state index in [4.69, 9.17) is 11.6 Å². The lowest BCUT2D eigenvalue weighted by atomic mass is 10.2. The van der Waals surface area contributed by atoms with Crippen molar-refractivity contribution in [3.8, 4) is 11.3 Å². The molecule has 1 amide bonds. The molecule has 0 unspecified atom stereocenters. The summed E-state index contributed by atoms with van der Waals surface area (Å²) >= 11 is 8.55. The van der Waals surface area contributed by atoms with Crippen LogP contribution in [0.25, 0.3) is 11.3 Å². The molecule has 4 nitrogen and oxygen atoms in total. The zero-order valence-corrected chi connectivity index (χ0v) is 15.6. The number of carbonyl (C=O) groups excluding carboxylic acids is 2. The van der Waals surface area contributed by atoms with Gasteiger partial charge in [-0.25, -0.2) is 4.98 Å². The molecule has 3 rings (SSSR count). The van der Waals surface area contributed by atoms with Gasteiger partial charge in [0.2, 0.25) is 5.91 Å². The molecule has 0 saturated heterocycles. The van der Waals surface area contributed by atoms with Gasteiger partial charge in [-0.3, -0.25) is 9.59 Å². The van der Waals surface area contributed by atoms with E-state index in [1.54, 1.807) is 12.1 Å². The van der Waals surface area contributed by atoms with Gasteiger partial charge in [0.1, 0.15) is 5.01 Å². The zero-order valence-electron chi connectivity index (χ0n) is 13.2. The number of thiazole rings is 1. The highest BCUT2D eigenvalue weighted by Gasteiger charge is 2.12. The lowest BCUT2D eigenvalue weighted by Crippen LogP contribution is -2.23. The summed E-state index contributed by atoms with van der Waals surface area (Å²) in [5.74, 6) is -0.222. The summed E-state index contributed by atoms with van der Waals surface area (Å²) in [6.07, 6.45) is 0.334. The second-order valence-corrected chi connectivity index (χ2v) is 7.95. The maximum atomic E-state index is 12.0. The summed E-state index contributed by atoms with van der Waals surface area (Å²) in [5, 5.41) is 5.62. The van der Waals surface area contributed by atoms with Crippen molar-refractivity contribution in [1.29, 1.82) is 0 Å². The SMILES string of the molecule is O=C(CCC(=O)c1ccc(Cl)s1)NCc1nc(-c2ccccc2)cs1. The molecule has 1 aromatic carbocycles. The highest BCUT2D eigenvalue weighted by atomic mass is 35.5. The van der Waals surface area contributed by atoms with Crippen molar-refractivity contribution in [3.05, 3.63) is 62.1 Å². The van der Waals surface area contributed by atoms with E-state index in [0.29, 0.717) is 15.8 Å². The van der Waals surface area contributed by atoms with Gasteiger partial charge in [-0.15, -0.1) is 22.7 Å². The van der Waals surface area contributed by atoms with Crippen molar-refractivity contribution in [3.63, 3.8) is 0 Å². The van der Waals surface area contributed by atoms with Crippen LogP contribution in [0.15, 0.2) is 47.8 Å². The third-order valence-corrected chi connectivity index (χ3v) is 5.61. The number of hydrogen-bond acceptors (Lipinski definition) is 5. The van der Waals surface area contributed by atoms with Crippen LogP contribution >= 0.6 is 34.3 Å². The fourth-order valence-corrected chi connectivity index (χ4v) is 3.96. The van der Waals surface area contributed by atoms with Crippen molar-refractivity contribution in [2.75, 3.05) is 0 Å². The van der Waals surface area contributed by atoms with Crippen molar-refractivity contribution in [2.24, 2.45) is 0 Å². The minimum atomic E-state index is -0.160. The number of carbonyl (C=O) groups is 2. The number of hydrogen-bond donors (Lipinski definition) is 1. The monoisotopic (exact) mass is 390 g/mol. The van der Waals surface area contributed by atoms with Gasteiger partial charge in [0.15, 0.2) is 5.78 Å². The standard InChI is InChI=1S/C18H15ClN2O2S2/c19-16-8-7-15(25-16)14(22)6-9-17(23)20-10-18-21-13(11-24-18)12-4-2-1-3-5-12/h1-5,7-8,11H,6,9-10H2,(H,20,23). The van der Waals surface area contributed by atoms with Gasteiger partial charge in [0, 0.05) is 23.8 Å². The predicted molar refractivity (Wildman–Crippen MR) is 102 cm³/mol. The average molecular weight is 391 g/mol. The van der Waals surface area contributed by atoms with Crippen LogP contribution in [0.2, 0.25) is 4.34 Å². The first-order valence-electron chi connectivity index (χ1n) is 7.67. The number of halogens is 1. The number of rotatable bonds is 7. The highest BCUT2D eigenvalue weighted by Crippen LogP contribution is 2.23. The number of nitrogens with one attached hydrogen (secondary N) is 1. The fraction of sp³-hybridized carbons (Fsp3) is 0.167. The summed E-state index contributed by atoms with van der Waals surface area (Å²) in [4.78, 5) is 29.0. The predicted octanol–water partition coefficient (Wildman–Crippen LogP) is 4.80. The first-order chi connectivity index (χ1) is 12.1. The Morgan fingerprint density at radius 3 is 2.60 bits per heavy atom. The molecule has 0 spiro atoms. The van der Waals surface area contributed by atoms with E-state index in [1.807, 2.05) is 35.7 Å². The van der Waals surface area contributed by atoms with Crippen molar-refractivity contribution in [2.45, 2.75) is 19.4 Å². The Labute approximate surface area is 158 Å². The maximum Gasteiger partial charge on any atom is 0.220 e. The van der Waals surface area contributed by atoms with Crippen LogP contribution in [-0.2, 0) is 11.3 Å². The van der Waals surface area contributed by atoms with Gasteiger partial charge in [0.25, 0.3) is 0 Å². The number of ketones is 1. The number of thiophene rings is 1. The summed E-state index contributed by atoms with van der Waals surface area (Å²) < 4.78 is 0.575. The third kappa shape index (κ3) is 4.98. The molecular weight excluding hydrogens is 376 g/mol. The fourth-order valence-electron chi connectivity index (χ4n) is 2.21. The number of benzene rings is 1. The van der Waals surface area contributed by atoms with Gasteiger partial charge in [-0.05, 0) is 12.1 Å². The molecule has 0 atom stereocenters. The van der Waals surface area contributed by atoms with Crippen LogP contribution in [0.5, 0.6) is 0 Å². The first kappa shape index (κ1) is 17.8. The second kappa shape index (κ2) is 8.38. The van der Waals surface area contributed by atoms with Gasteiger partial charge < -0.3 is 5.32 Å². The Kier molecular flexibility index (Phi) is 5.96. The molecule has 3 aromatic rings. The molecule has 2 heterocycles. The largest absolute Gasteiger partial charge is 0.350 e. The summed E-state index contributed by atoms with van der Waals surface area (Å²) in [5.41, 5.74) is 1.95. The molecule has 1 N–H and O–H groups in total. The van der Waals surface area contributed by atoms with E-state index in [-0.39, 0.29) is 24.5 Å². The van der Waals surface area contributed by atoms with E-state index in [0.717, 1.165) is 16.3 Å². The molecule has 7 heteroatoms. The van der Waals surface area contributed by atoms with Crippen LogP contribution in [-0.4, -0.2) is 16.7 Å². The van der Waals surface area contributed by atoms with E-state index in [1.165, 1.54) is 22.7 Å². The third-order valence-electron chi connectivity index (χ3n) is 3.49. The van der Waals surface area contributed by atoms with E-state index in [9.17, 15) is 9.59 Å². The lowest BCUT2D eigenvalue weighted by Gasteiger charge is -2.02. The summed E-state index contributed by atoms with van der Waals surface area (Å²) in [6, 6.07) is 13.3. The Morgan fingerprint density at radius 1 is 1.08 bits per heavy atom. The molecule has 0 fully saturated rings. The molecule has 0 aliphatic heterocycles. The molecule has 128 valence electrons. The Hall–Kier alpha value is -2.02. The molecule has 2 aromatic heterocycles. The number of nitrogens with zero attached hydrogens (tertiary/aromatic N) is 1. The summed E-state index contributed by atoms with van der Waals surface area (Å²) in [6.45, 7) is 0.370. The van der Waals surface area contributed by atoms with E-state index >= 15 is 0 Å². The van der Waals surface area contributed by atoms with Crippen LogP contribution < -0.4 is 5.32 Å². The second-order valence-electron chi connectivity index (χ2n) is 5.30. The normalized spacial score (nSPS) is 10.6. The molecule has 25 heavy (non-hydrogen) atoms. The van der Waals surface area contributed by atoms with Gasteiger partial charge >= 0.3 is 0 Å². The molecule has 0 bridgehead atoms. The van der Waals surface area contributed by atoms with Crippen molar-refractivity contribution < 1.29 is 9.59 Å². The zero-order chi connectivity index (χ0) is 17.6. The van der Waals surface area contributed by atoms with Crippen LogP contribution in [0, 0.1) is 0 Å². The van der Waals surface area contributed by atoms with Crippen molar-refractivity contribution >= 4 is 46.0 Å². The smallest absolute Gasteiger partial charge is 0.220 e. The highest BCUT2D eigenvalue weighted by molar-refractivity contribution is 7.18. The number of amides is 1. The first-order valence-corrected chi connectivity index (χ1v) is 9.74. The van der Waals surface area contributed by atoms with Crippen LogP contribution in [0.3, 0.4) is 0 Å². The van der Waals surface area contributed by atoms with Gasteiger partial charge in [0.05, 0.1) is 21.5 Å². The molecule has 0 aliphatic carbocycles. The minimum Gasteiger partial charge on any atom is -0.350 e. The molecule has 0 saturated carbocycles. The quantitative estimate of drug-likeness (QED) is 0.589. The minimum absolute atomic E-state index is 0.0623. The average Bonchev–Trinajstić information content (AvgIpc) is 3.28.